The molecular formula is C34H96O12Si13. The molecule has 0 fully saturated rings. The normalized spacial score (nSPS) is 15.7. The second kappa shape index (κ2) is 22.0. The van der Waals surface area contributed by atoms with Crippen LogP contribution in [0.3, 0.4) is 0 Å². The smallest absolute Gasteiger partial charge is 0.417 e. The van der Waals surface area contributed by atoms with Crippen molar-refractivity contribution in [2.75, 3.05) is 21.3 Å². The molecule has 0 bridgehead atoms. The quantitative estimate of drug-likeness (QED) is 0.0639. The van der Waals surface area contributed by atoms with Gasteiger partial charge in [0.2, 0.25) is 0 Å². The van der Waals surface area contributed by atoms with E-state index in [0.717, 1.165) is 18.1 Å². The fourth-order valence-corrected chi connectivity index (χ4v) is 61.7. The van der Waals surface area contributed by atoms with Gasteiger partial charge in [-0.05, 0) is 175 Å². The monoisotopic (exact) mass is 1060 g/mol. The Morgan fingerprint density at radius 2 is 0.373 bits per heavy atom. The number of hydrogen-bond donors (Lipinski definition) is 0. The van der Waals surface area contributed by atoms with Crippen molar-refractivity contribution >= 4 is 110 Å². The van der Waals surface area contributed by atoms with Gasteiger partial charge in [-0.15, -0.1) is 0 Å². The van der Waals surface area contributed by atoms with Crippen LogP contribution >= 0.6 is 0 Å². The van der Waals surface area contributed by atoms with Crippen molar-refractivity contribution in [1.82, 2.24) is 0 Å². The van der Waals surface area contributed by atoms with Crippen molar-refractivity contribution in [2.24, 2.45) is 0 Å². The first-order valence-corrected chi connectivity index (χ1v) is 59.4. The van der Waals surface area contributed by atoms with E-state index in [1.54, 1.807) is 21.3 Å². The summed E-state index contributed by atoms with van der Waals surface area (Å²) < 4.78 is 82.6. The number of hydrogen-bond acceptors (Lipinski definition) is 12. The van der Waals surface area contributed by atoms with E-state index in [4.69, 9.17) is 50.3 Å². The first-order chi connectivity index (χ1) is 25.7. The zero-order chi connectivity index (χ0) is 47.2. The highest BCUT2D eigenvalue weighted by atomic mass is 28.5. The Labute approximate surface area is 379 Å². The maximum Gasteiger partial charge on any atom is 0.479 e. The summed E-state index contributed by atoms with van der Waals surface area (Å²) in [5, 5.41) is 0. The third-order valence-corrected chi connectivity index (χ3v) is 51.7. The first kappa shape index (κ1) is 61.3. The van der Waals surface area contributed by atoms with Crippen molar-refractivity contribution in [3.8, 4) is 0 Å². The summed E-state index contributed by atoms with van der Waals surface area (Å²) in [6.45, 7) is 55.6. The highest BCUT2D eigenvalue weighted by Gasteiger charge is 2.55. The van der Waals surface area contributed by atoms with E-state index in [2.05, 4.69) is 164 Å². The minimum atomic E-state index is -3.34. The Kier molecular flexibility index (Phi) is 22.8. The molecule has 0 atom stereocenters. The molecule has 0 aromatic heterocycles. The molecule has 0 saturated heterocycles. The summed E-state index contributed by atoms with van der Waals surface area (Å²) in [5.74, 6) is 0. The summed E-state index contributed by atoms with van der Waals surface area (Å²) >= 11 is 0. The van der Waals surface area contributed by atoms with Gasteiger partial charge in [-0.2, -0.15) is 0 Å². The lowest BCUT2D eigenvalue weighted by atomic mass is 10.9. The highest BCUT2D eigenvalue weighted by Crippen LogP contribution is 2.37. The van der Waals surface area contributed by atoms with E-state index >= 15 is 0 Å². The van der Waals surface area contributed by atoms with Crippen LogP contribution in [0.1, 0.15) is 0 Å². The molecule has 0 unspecified atom stereocenters. The molecule has 0 aliphatic rings. The molecule has 0 aromatic carbocycles. The van der Waals surface area contributed by atoms with Gasteiger partial charge >= 0.3 is 35.2 Å². The van der Waals surface area contributed by atoms with E-state index < -0.39 is 110 Å². The first-order valence-electron chi connectivity index (χ1n) is 21.6. The minimum Gasteiger partial charge on any atom is -0.417 e. The molecule has 356 valence electrons. The van der Waals surface area contributed by atoms with Gasteiger partial charge in [-0.25, -0.2) is 0 Å². The van der Waals surface area contributed by atoms with Crippen LogP contribution in [0.2, 0.25) is 200 Å². The predicted octanol–water partition coefficient (Wildman–Crippen LogP) is 12.1. The Morgan fingerprint density at radius 3 is 0.492 bits per heavy atom. The molecule has 12 nitrogen and oxygen atoms in total. The zero-order valence-electron chi connectivity index (χ0n) is 43.6. The van der Waals surface area contributed by atoms with Gasteiger partial charge in [0.25, 0.3) is 0 Å². The Hall–Kier alpha value is 2.34. The predicted molar refractivity (Wildman–Crippen MR) is 281 cm³/mol. The van der Waals surface area contributed by atoms with Crippen LogP contribution in [0.15, 0.2) is 0 Å². The molecule has 0 aromatic rings. The van der Waals surface area contributed by atoms with Crippen LogP contribution in [0.5, 0.6) is 0 Å². The lowest BCUT2D eigenvalue weighted by Crippen LogP contribution is -2.62. The Balaban J connectivity index is 7.13. The molecule has 25 heteroatoms. The molecule has 0 N–H and O–H groups in total. The van der Waals surface area contributed by atoms with Gasteiger partial charge in [0.05, 0.1) is 0 Å². The SMILES string of the molecule is CO[Si](CC[Si](C)(C)O[Si](C)(O[Si](C)(C)CC[Si](OC)(O[Si](C)(C)C)O[Si](C)(C)C)O[Si](C)(C)CC[Si](OC)(O[Si](C)(C)C)O[Si](C)(C)C)(O[Si](C)(C)C)O[Si](C)(C)C. The zero-order valence-corrected chi connectivity index (χ0v) is 56.6. The van der Waals surface area contributed by atoms with Crippen LogP contribution in [0, 0.1) is 0 Å². The van der Waals surface area contributed by atoms with Crippen LogP contribution in [0.4, 0.5) is 0 Å². The van der Waals surface area contributed by atoms with Crippen molar-refractivity contribution in [3.63, 3.8) is 0 Å². The average Bonchev–Trinajstić information content (AvgIpc) is 2.92. The summed E-state index contributed by atoms with van der Waals surface area (Å²) in [7, 11) is -26.6. The van der Waals surface area contributed by atoms with Crippen LogP contribution in [-0.2, 0) is 50.3 Å². The van der Waals surface area contributed by atoms with E-state index in [9.17, 15) is 0 Å². The molecule has 0 amide bonds. The van der Waals surface area contributed by atoms with E-state index in [0.29, 0.717) is 18.1 Å². The fraction of sp³-hybridized carbons (Fsp3) is 1.00. The Bertz CT molecular complexity index is 1070. The van der Waals surface area contributed by atoms with Crippen LogP contribution in [-0.4, -0.2) is 131 Å². The van der Waals surface area contributed by atoms with Crippen molar-refractivity contribution < 1.29 is 50.3 Å². The molecular weight excluding hydrogens is 965 g/mol. The summed E-state index contributed by atoms with van der Waals surface area (Å²) in [5.41, 5.74) is 0. The molecule has 0 radical (unpaired) electrons. The summed E-state index contributed by atoms with van der Waals surface area (Å²) in [6, 6.07) is 4.46. The standard InChI is InChI=1S/C34H96O12Si13/c1-35-57(38-47(4,5)6,39-48(7,8)9)32-29-53(22,23)44-56(28,45-54(24,25)30-33-58(36-2,40-49(10,11)12)41-50(13,14)15)46-55(26,27)31-34-59(37-3,42-51(16,17)18)43-52(19,20)21/h29-34H2,1-28H3. The fourth-order valence-electron chi connectivity index (χ4n) is 6.81. The third kappa shape index (κ3) is 27.5. The molecule has 0 aliphatic carbocycles. The van der Waals surface area contributed by atoms with Gasteiger partial charge in [-0.1, -0.05) is 0 Å². The van der Waals surface area contributed by atoms with E-state index in [-0.39, 0.29) is 0 Å². The molecule has 0 spiro atoms. The van der Waals surface area contributed by atoms with Gasteiger partial charge in [0.15, 0.2) is 74.9 Å². The van der Waals surface area contributed by atoms with Gasteiger partial charge in [0.1, 0.15) is 0 Å². The number of rotatable bonds is 30. The third-order valence-electron chi connectivity index (χ3n) is 8.19. The van der Waals surface area contributed by atoms with E-state index in [1.807, 2.05) is 0 Å². The maximum absolute atomic E-state index is 7.48. The molecule has 59 heavy (non-hydrogen) atoms. The average molecular weight is 1060 g/mol. The van der Waals surface area contributed by atoms with Gasteiger partial charge in [0, 0.05) is 46.0 Å². The lowest BCUT2D eigenvalue weighted by Gasteiger charge is -2.45. The molecule has 0 heterocycles. The second-order valence-electron chi connectivity index (χ2n) is 23.9. The minimum absolute atomic E-state index is 0.692. The van der Waals surface area contributed by atoms with Gasteiger partial charge < -0.3 is 50.3 Å². The lowest BCUT2D eigenvalue weighted by molar-refractivity contribution is 0.199. The Morgan fingerprint density at radius 1 is 0.220 bits per heavy atom. The molecule has 0 aliphatic heterocycles. The molecule has 0 saturated carbocycles. The molecule has 0 rings (SSSR count). The summed E-state index contributed by atoms with van der Waals surface area (Å²) in [6.07, 6.45) is 0. The van der Waals surface area contributed by atoms with Crippen LogP contribution < -0.4 is 0 Å². The van der Waals surface area contributed by atoms with E-state index in [1.165, 1.54) is 0 Å². The van der Waals surface area contributed by atoms with Crippen molar-refractivity contribution in [1.29, 1.82) is 0 Å². The van der Waals surface area contributed by atoms with Crippen LogP contribution in [0.25, 0.3) is 0 Å². The van der Waals surface area contributed by atoms with Crippen molar-refractivity contribution in [2.45, 2.75) is 200 Å². The topological polar surface area (TPSA) is 111 Å². The summed E-state index contributed by atoms with van der Waals surface area (Å²) in [4.78, 5) is 0. The maximum atomic E-state index is 7.48. The van der Waals surface area contributed by atoms with Gasteiger partial charge in [-0.3, -0.25) is 0 Å². The van der Waals surface area contributed by atoms with Crippen molar-refractivity contribution in [3.05, 3.63) is 0 Å². The largest absolute Gasteiger partial charge is 0.479 e. The highest BCUT2D eigenvalue weighted by molar-refractivity contribution is 6.93. The second-order valence-corrected chi connectivity index (χ2v) is 77.2.